The number of thiophene rings is 1. The Bertz CT molecular complexity index is 3830. The van der Waals surface area contributed by atoms with Crippen molar-refractivity contribution in [1.29, 1.82) is 0 Å². The number of hydrogen-bond donors (Lipinski definition) is 0. The van der Waals surface area contributed by atoms with Crippen molar-refractivity contribution in [1.82, 2.24) is 4.57 Å². The van der Waals surface area contributed by atoms with Gasteiger partial charge in [-0.1, -0.05) is 172 Å². The minimum Gasteiger partial charge on any atom is -0.310 e. The number of aromatic nitrogens is 1. The molecule has 1 aliphatic carbocycles. The summed E-state index contributed by atoms with van der Waals surface area (Å²) in [6.45, 7) is 4.71. The minimum absolute atomic E-state index is 0.0576. The number of hydrogen-bond acceptors (Lipinski definition) is 2. The molecule has 66 heavy (non-hydrogen) atoms. The van der Waals surface area contributed by atoms with Gasteiger partial charge in [-0.15, -0.1) is 11.3 Å². The summed E-state index contributed by atoms with van der Waals surface area (Å²) in [5, 5.41) is 5.11. The SMILES string of the molecule is CC1(C)c2ccccc2-c2c(-c3ccc(N(c4ccc(-c5ccc6c(c5)c5ccccc5n6-c5ccccc5)cc4)c4ccccc4-c4cccc5sc6ccccc6c45)cc3)cccc21. The Hall–Kier alpha value is -7.98. The number of benzene rings is 10. The number of nitrogens with zero attached hydrogens (tertiary/aromatic N) is 2. The van der Waals surface area contributed by atoms with Crippen LogP contribution >= 0.6 is 11.3 Å². The van der Waals surface area contributed by atoms with Crippen LogP contribution in [0.2, 0.25) is 0 Å². The lowest BCUT2D eigenvalue weighted by atomic mass is 9.82. The Kier molecular flexibility index (Phi) is 8.78. The van der Waals surface area contributed by atoms with Gasteiger partial charge in [-0.2, -0.15) is 0 Å². The molecule has 0 N–H and O–H groups in total. The smallest absolute Gasteiger partial charge is 0.0541 e. The predicted octanol–water partition coefficient (Wildman–Crippen LogP) is 17.9. The topological polar surface area (TPSA) is 8.17 Å². The van der Waals surface area contributed by atoms with E-state index >= 15 is 0 Å². The van der Waals surface area contributed by atoms with Crippen molar-refractivity contribution in [3.05, 3.63) is 242 Å². The average Bonchev–Trinajstić information content (AvgIpc) is 4.00. The van der Waals surface area contributed by atoms with Crippen molar-refractivity contribution in [2.24, 2.45) is 0 Å². The first kappa shape index (κ1) is 38.5. The van der Waals surface area contributed by atoms with Crippen LogP contribution in [0.15, 0.2) is 231 Å². The average molecular weight is 861 g/mol. The molecule has 2 aromatic heterocycles. The second kappa shape index (κ2) is 15.1. The highest BCUT2D eigenvalue weighted by molar-refractivity contribution is 7.25. The predicted molar refractivity (Wildman–Crippen MR) is 282 cm³/mol. The maximum atomic E-state index is 2.45. The van der Waals surface area contributed by atoms with Gasteiger partial charge in [-0.05, 0) is 123 Å². The number of fused-ring (bicyclic) bond motifs is 9. The van der Waals surface area contributed by atoms with E-state index in [9.17, 15) is 0 Å². The molecule has 0 amide bonds. The molecule has 12 aromatic rings. The van der Waals surface area contributed by atoms with Crippen LogP contribution in [-0.4, -0.2) is 4.57 Å². The van der Waals surface area contributed by atoms with Crippen LogP contribution in [0.1, 0.15) is 25.0 Å². The highest BCUT2D eigenvalue weighted by Crippen LogP contribution is 2.53. The standard InChI is InChI=1S/C63H44N2S/c1-63(2)54-24-10-6-20-51(54)61-47(22-14-25-55(61)63)42-32-37-46(38-33-42)64(56-26-11-7-18-48(56)50-23-15-29-60-62(50)52-21-9-13-28-59(52)66-60)45-35-30-41(31-36-45)43-34-39-58-53(40-43)49-19-8-12-27-57(49)65(58)44-16-4-3-5-17-44/h3-40H,1-2H3. The van der Waals surface area contributed by atoms with Gasteiger partial charge in [0.05, 0.1) is 16.7 Å². The molecule has 2 nitrogen and oxygen atoms in total. The zero-order valence-electron chi connectivity index (χ0n) is 36.7. The molecule has 0 atom stereocenters. The van der Waals surface area contributed by atoms with Crippen LogP contribution < -0.4 is 4.90 Å². The number of para-hydroxylation sites is 3. The summed E-state index contributed by atoms with van der Waals surface area (Å²) in [7, 11) is 0. The third-order valence-corrected chi connectivity index (χ3v) is 15.2. The second-order valence-electron chi connectivity index (χ2n) is 18.0. The molecule has 0 fully saturated rings. The molecule has 0 unspecified atom stereocenters. The fraction of sp³-hybridized carbons (Fsp3) is 0.0476. The molecule has 0 bridgehead atoms. The van der Waals surface area contributed by atoms with Crippen LogP contribution in [0.4, 0.5) is 17.1 Å². The van der Waals surface area contributed by atoms with Crippen LogP contribution in [0.5, 0.6) is 0 Å². The molecule has 2 heterocycles. The van der Waals surface area contributed by atoms with E-state index in [0.29, 0.717) is 0 Å². The summed E-state index contributed by atoms with van der Waals surface area (Å²) in [5.41, 5.74) is 19.6. The molecule has 1 aliphatic rings. The summed E-state index contributed by atoms with van der Waals surface area (Å²) in [6, 6.07) is 85.0. The Morgan fingerprint density at radius 3 is 1.79 bits per heavy atom. The fourth-order valence-electron chi connectivity index (χ4n) is 10.9. The van der Waals surface area contributed by atoms with Crippen LogP contribution in [-0.2, 0) is 5.41 Å². The first-order valence-electron chi connectivity index (χ1n) is 22.8. The summed E-state index contributed by atoms with van der Waals surface area (Å²) < 4.78 is 4.98. The number of anilines is 3. The van der Waals surface area contributed by atoms with Crippen molar-refractivity contribution in [2.45, 2.75) is 19.3 Å². The van der Waals surface area contributed by atoms with Crippen LogP contribution in [0.25, 0.3) is 92.2 Å². The zero-order valence-corrected chi connectivity index (χ0v) is 37.6. The Balaban J connectivity index is 0.954. The van der Waals surface area contributed by atoms with E-state index in [1.54, 1.807) is 0 Å². The lowest BCUT2D eigenvalue weighted by molar-refractivity contribution is 0.660. The van der Waals surface area contributed by atoms with Gasteiger partial charge in [-0.25, -0.2) is 0 Å². The first-order chi connectivity index (χ1) is 32.5. The van der Waals surface area contributed by atoms with Gasteiger partial charge in [0.2, 0.25) is 0 Å². The maximum Gasteiger partial charge on any atom is 0.0541 e. The van der Waals surface area contributed by atoms with Crippen molar-refractivity contribution in [3.8, 4) is 50.2 Å². The maximum absolute atomic E-state index is 2.45. The fourth-order valence-corrected chi connectivity index (χ4v) is 12.1. The van der Waals surface area contributed by atoms with Gasteiger partial charge in [0.1, 0.15) is 0 Å². The van der Waals surface area contributed by atoms with E-state index in [2.05, 4.69) is 254 Å². The molecule has 0 saturated carbocycles. The quantitative estimate of drug-likeness (QED) is 0.155. The summed E-state index contributed by atoms with van der Waals surface area (Å²) in [6.07, 6.45) is 0. The Morgan fingerprint density at radius 1 is 0.394 bits per heavy atom. The van der Waals surface area contributed by atoms with E-state index in [1.807, 2.05) is 11.3 Å². The Labute approximate surface area is 388 Å². The molecule has 0 saturated heterocycles. The van der Waals surface area contributed by atoms with E-state index < -0.39 is 0 Å². The molecule has 0 radical (unpaired) electrons. The molecular weight excluding hydrogens is 817 g/mol. The molecule has 10 aromatic carbocycles. The van der Waals surface area contributed by atoms with Gasteiger partial charge in [0.15, 0.2) is 0 Å². The molecular formula is C63H44N2S. The highest BCUT2D eigenvalue weighted by Gasteiger charge is 2.36. The van der Waals surface area contributed by atoms with E-state index in [-0.39, 0.29) is 5.41 Å². The molecule has 0 aliphatic heterocycles. The molecule has 13 rings (SSSR count). The molecule has 3 heteroatoms. The normalized spacial score (nSPS) is 12.8. The first-order valence-corrected chi connectivity index (χ1v) is 23.7. The van der Waals surface area contributed by atoms with Crippen LogP contribution in [0, 0.1) is 0 Å². The largest absolute Gasteiger partial charge is 0.310 e. The summed E-state index contributed by atoms with van der Waals surface area (Å²) in [5.74, 6) is 0. The van der Waals surface area contributed by atoms with Crippen LogP contribution in [0.3, 0.4) is 0 Å². The van der Waals surface area contributed by atoms with Crippen molar-refractivity contribution >= 4 is 70.4 Å². The zero-order chi connectivity index (χ0) is 43.9. The van der Waals surface area contributed by atoms with Gasteiger partial charge < -0.3 is 9.47 Å². The minimum atomic E-state index is -0.0576. The Morgan fingerprint density at radius 2 is 0.970 bits per heavy atom. The lowest BCUT2D eigenvalue weighted by Crippen LogP contribution is -2.14. The lowest BCUT2D eigenvalue weighted by Gasteiger charge is -2.28. The molecule has 312 valence electrons. The van der Waals surface area contributed by atoms with Crippen molar-refractivity contribution in [3.63, 3.8) is 0 Å². The van der Waals surface area contributed by atoms with E-state index in [4.69, 9.17) is 0 Å². The highest BCUT2D eigenvalue weighted by atomic mass is 32.1. The third kappa shape index (κ3) is 5.94. The second-order valence-corrected chi connectivity index (χ2v) is 19.1. The third-order valence-electron chi connectivity index (χ3n) is 14.0. The monoisotopic (exact) mass is 860 g/mol. The van der Waals surface area contributed by atoms with Crippen molar-refractivity contribution in [2.75, 3.05) is 4.90 Å². The van der Waals surface area contributed by atoms with Gasteiger partial charge in [-0.3, -0.25) is 0 Å². The van der Waals surface area contributed by atoms with E-state index in [0.717, 1.165) is 17.1 Å². The van der Waals surface area contributed by atoms with E-state index in [1.165, 1.54) is 103 Å². The van der Waals surface area contributed by atoms with Crippen molar-refractivity contribution < 1.29 is 0 Å². The van der Waals surface area contributed by atoms with Gasteiger partial charge >= 0.3 is 0 Å². The molecule has 0 spiro atoms. The summed E-state index contributed by atoms with van der Waals surface area (Å²) in [4.78, 5) is 2.45. The number of rotatable bonds is 7. The van der Waals surface area contributed by atoms with Gasteiger partial charge in [0.25, 0.3) is 0 Å². The summed E-state index contributed by atoms with van der Waals surface area (Å²) >= 11 is 1.87. The van der Waals surface area contributed by atoms with Gasteiger partial charge in [0, 0.05) is 59.0 Å².